The van der Waals surface area contributed by atoms with Gasteiger partial charge in [-0.15, -0.1) is 0 Å². The minimum Gasteiger partial charge on any atom is -0.457 e. The first-order valence-electron chi connectivity index (χ1n) is 8.18. The molecule has 0 atom stereocenters. The molecule has 0 unspecified atom stereocenters. The lowest BCUT2D eigenvalue weighted by Gasteiger charge is -2.27. The molecule has 0 amide bonds. The monoisotopic (exact) mass is 374 g/mol. The number of nitrogens with zero attached hydrogens (tertiary/aromatic N) is 2. The van der Waals surface area contributed by atoms with Crippen LogP contribution in [-0.4, -0.2) is 8.42 Å². The van der Waals surface area contributed by atoms with Crippen molar-refractivity contribution in [2.75, 3.05) is 4.90 Å². The average Bonchev–Trinajstić information content (AvgIpc) is 2.70. The lowest BCUT2D eigenvalue weighted by Crippen LogP contribution is -2.21. The summed E-state index contributed by atoms with van der Waals surface area (Å²) >= 11 is 0. The van der Waals surface area contributed by atoms with E-state index in [0.717, 1.165) is 11.4 Å². The lowest BCUT2D eigenvalue weighted by atomic mass is 10.2. The molecule has 1 aliphatic rings. The highest BCUT2D eigenvalue weighted by Gasteiger charge is 2.31. The van der Waals surface area contributed by atoms with Crippen LogP contribution in [0.5, 0.6) is 11.5 Å². The van der Waals surface area contributed by atoms with Gasteiger partial charge in [-0.05, 0) is 48.5 Å². The van der Waals surface area contributed by atoms with Crippen molar-refractivity contribution in [1.29, 1.82) is 5.26 Å². The number of fused-ring (bicyclic) bond motifs is 1. The van der Waals surface area contributed by atoms with Gasteiger partial charge in [0, 0.05) is 11.9 Å². The van der Waals surface area contributed by atoms with Crippen LogP contribution in [0.15, 0.2) is 94.9 Å². The van der Waals surface area contributed by atoms with Crippen molar-refractivity contribution in [1.82, 2.24) is 0 Å². The minimum atomic E-state index is -3.79. The summed E-state index contributed by atoms with van der Waals surface area (Å²) in [5.74, 6) is 1.39. The van der Waals surface area contributed by atoms with Crippen molar-refractivity contribution >= 4 is 21.2 Å². The van der Waals surface area contributed by atoms with Crippen molar-refractivity contribution in [3.8, 4) is 17.6 Å². The highest BCUT2D eigenvalue weighted by Crippen LogP contribution is 2.39. The van der Waals surface area contributed by atoms with Crippen LogP contribution in [0.1, 0.15) is 0 Å². The standard InChI is InChI=1S/C21H14N2O3S/c22-14-19-15-23(20-8-4-5-9-21(20)27(19,24)25)16-10-12-18(13-11-16)26-17-6-2-1-3-7-17/h1-13,15H. The Morgan fingerprint density at radius 3 is 2.15 bits per heavy atom. The van der Waals surface area contributed by atoms with Crippen LogP contribution < -0.4 is 9.64 Å². The third-order valence-electron chi connectivity index (χ3n) is 4.15. The molecule has 0 N–H and O–H groups in total. The zero-order valence-corrected chi connectivity index (χ0v) is 14.9. The minimum absolute atomic E-state index is 0.119. The fourth-order valence-electron chi connectivity index (χ4n) is 2.86. The summed E-state index contributed by atoms with van der Waals surface area (Å²) in [6, 6.07) is 25.1. The zero-order chi connectivity index (χ0) is 18.9. The number of anilines is 2. The Kier molecular flexibility index (Phi) is 4.15. The summed E-state index contributed by atoms with van der Waals surface area (Å²) in [6.07, 6.45) is 1.35. The van der Waals surface area contributed by atoms with E-state index in [1.807, 2.05) is 42.5 Å². The Morgan fingerprint density at radius 2 is 1.44 bits per heavy atom. The van der Waals surface area contributed by atoms with Crippen LogP contribution in [-0.2, 0) is 9.84 Å². The van der Waals surface area contributed by atoms with Gasteiger partial charge in [-0.2, -0.15) is 5.26 Å². The van der Waals surface area contributed by atoms with Crippen molar-refractivity contribution in [3.63, 3.8) is 0 Å². The fourth-order valence-corrected chi connectivity index (χ4v) is 4.16. The second-order valence-electron chi connectivity index (χ2n) is 5.86. The molecular formula is C21H14N2O3S. The molecule has 0 saturated carbocycles. The Bertz CT molecular complexity index is 1160. The SMILES string of the molecule is N#CC1=CN(c2ccc(Oc3ccccc3)cc2)c2ccccc2S1(=O)=O. The van der Waals surface area contributed by atoms with E-state index in [9.17, 15) is 13.7 Å². The molecule has 5 nitrogen and oxygen atoms in total. The van der Waals surface area contributed by atoms with Gasteiger partial charge < -0.3 is 9.64 Å². The number of benzene rings is 3. The van der Waals surface area contributed by atoms with Crippen molar-refractivity contribution < 1.29 is 13.2 Å². The highest BCUT2D eigenvalue weighted by molar-refractivity contribution is 7.95. The maximum atomic E-state index is 12.5. The Balaban J connectivity index is 1.72. The molecule has 0 saturated heterocycles. The summed E-state index contributed by atoms with van der Waals surface area (Å²) in [4.78, 5) is 1.53. The summed E-state index contributed by atoms with van der Waals surface area (Å²) in [5, 5.41) is 9.28. The summed E-state index contributed by atoms with van der Waals surface area (Å²) in [6.45, 7) is 0. The summed E-state index contributed by atoms with van der Waals surface area (Å²) in [7, 11) is -3.79. The van der Waals surface area contributed by atoms with Crippen LogP contribution >= 0.6 is 0 Å². The predicted octanol–water partition coefficient (Wildman–Crippen LogP) is 4.77. The number of para-hydroxylation sites is 2. The Morgan fingerprint density at radius 1 is 0.815 bits per heavy atom. The van der Waals surface area contributed by atoms with Gasteiger partial charge in [-0.25, -0.2) is 8.42 Å². The van der Waals surface area contributed by atoms with Crippen LogP contribution in [0.25, 0.3) is 0 Å². The van der Waals surface area contributed by atoms with Crippen LogP contribution in [0, 0.1) is 11.3 Å². The van der Waals surface area contributed by atoms with E-state index in [1.54, 1.807) is 41.3 Å². The van der Waals surface area contributed by atoms with E-state index < -0.39 is 9.84 Å². The molecule has 1 aliphatic heterocycles. The van der Waals surface area contributed by atoms with Gasteiger partial charge in [0.25, 0.3) is 0 Å². The first-order valence-corrected chi connectivity index (χ1v) is 9.66. The first kappa shape index (κ1) is 16.9. The number of hydrogen-bond acceptors (Lipinski definition) is 5. The molecule has 0 bridgehead atoms. The van der Waals surface area contributed by atoms with Crippen LogP contribution in [0.4, 0.5) is 11.4 Å². The third kappa shape index (κ3) is 3.05. The highest BCUT2D eigenvalue weighted by atomic mass is 32.2. The number of allylic oxidation sites excluding steroid dienone is 1. The normalized spacial score (nSPS) is 14.6. The quantitative estimate of drug-likeness (QED) is 0.660. The maximum Gasteiger partial charge on any atom is 0.220 e. The van der Waals surface area contributed by atoms with E-state index in [0.29, 0.717) is 11.4 Å². The third-order valence-corrected chi connectivity index (χ3v) is 5.85. The van der Waals surface area contributed by atoms with Gasteiger partial charge >= 0.3 is 0 Å². The van der Waals surface area contributed by atoms with E-state index in [4.69, 9.17) is 4.74 Å². The van der Waals surface area contributed by atoms with E-state index >= 15 is 0 Å². The fraction of sp³-hybridized carbons (Fsp3) is 0. The van der Waals surface area contributed by atoms with Crippen molar-refractivity contribution in [2.45, 2.75) is 4.90 Å². The molecule has 0 aromatic heterocycles. The lowest BCUT2D eigenvalue weighted by molar-refractivity contribution is 0.483. The number of sulfone groups is 1. The van der Waals surface area contributed by atoms with Crippen molar-refractivity contribution in [2.24, 2.45) is 0 Å². The second kappa shape index (κ2) is 6.63. The zero-order valence-electron chi connectivity index (χ0n) is 14.1. The van der Waals surface area contributed by atoms with Gasteiger partial charge in [0.05, 0.1) is 10.6 Å². The Labute approximate surface area is 157 Å². The molecule has 0 fully saturated rings. The maximum absolute atomic E-state index is 12.5. The average molecular weight is 374 g/mol. The van der Waals surface area contributed by atoms with E-state index in [2.05, 4.69) is 0 Å². The van der Waals surface area contributed by atoms with Gasteiger partial charge in [-0.1, -0.05) is 30.3 Å². The smallest absolute Gasteiger partial charge is 0.220 e. The number of ether oxygens (including phenoxy) is 1. The summed E-state index contributed by atoms with van der Waals surface area (Å²) in [5.41, 5.74) is 1.23. The molecule has 132 valence electrons. The molecular weight excluding hydrogens is 360 g/mol. The largest absolute Gasteiger partial charge is 0.457 e. The van der Waals surface area contributed by atoms with Crippen molar-refractivity contribution in [3.05, 3.63) is 90.0 Å². The molecule has 3 aromatic carbocycles. The molecule has 3 aromatic rings. The van der Waals surface area contributed by atoms with E-state index in [-0.39, 0.29) is 9.80 Å². The molecule has 0 aliphatic carbocycles. The number of nitriles is 1. The molecule has 6 heteroatoms. The first-order chi connectivity index (χ1) is 13.1. The number of hydrogen-bond donors (Lipinski definition) is 0. The Hall–Kier alpha value is -3.56. The second-order valence-corrected chi connectivity index (χ2v) is 7.74. The van der Waals surface area contributed by atoms with Gasteiger partial charge in [0.1, 0.15) is 17.6 Å². The van der Waals surface area contributed by atoms with Gasteiger partial charge in [0.15, 0.2) is 4.91 Å². The summed E-state index contributed by atoms with van der Waals surface area (Å²) < 4.78 is 30.8. The van der Waals surface area contributed by atoms with E-state index in [1.165, 1.54) is 12.3 Å². The molecule has 0 spiro atoms. The number of rotatable bonds is 3. The van der Waals surface area contributed by atoms with Crippen LogP contribution in [0.2, 0.25) is 0 Å². The van der Waals surface area contributed by atoms with Gasteiger partial charge in [0.2, 0.25) is 9.84 Å². The van der Waals surface area contributed by atoms with Gasteiger partial charge in [-0.3, -0.25) is 0 Å². The molecule has 27 heavy (non-hydrogen) atoms. The predicted molar refractivity (Wildman–Crippen MR) is 102 cm³/mol. The molecule has 0 radical (unpaired) electrons. The molecule has 4 rings (SSSR count). The topological polar surface area (TPSA) is 70.4 Å². The van der Waals surface area contributed by atoms with Crippen LogP contribution in [0.3, 0.4) is 0 Å². The molecule has 1 heterocycles.